The molecule has 7 nitrogen and oxygen atoms in total. The highest BCUT2D eigenvalue weighted by Crippen LogP contribution is 2.21. The zero-order valence-corrected chi connectivity index (χ0v) is 13.5. The Kier molecular flexibility index (Phi) is 4.52. The van der Waals surface area contributed by atoms with E-state index in [0.29, 0.717) is 30.3 Å². The Hall–Kier alpha value is -2.80. The van der Waals surface area contributed by atoms with Crippen LogP contribution in [-0.4, -0.2) is 40.0 Å². The molecule has 0 radical (unpaired) electrons. The summed E-state index contributed by atoms with van der Waals surface area (Å²) in [5, 5.41) is 4.13. The molecular formula is C17H18N4O3. The summed E-state index contributed by atoms with van der Waals surface area (Å²) in [5.41, 5.74) is 2.08. The SMILES string of the molecule is Cc1ccc(C(=O)N2CC(C)CO2)cc1NC(=O)c1cnccn1. The van der Waals surface area contributed by atoms with Crippen LogP contribution in [0.2, 0.25) is 0 Å². The van der Waals surface area contributed by atoms with Gasteiger partial charge in [-0.1, -0.05) is 13.0 Å². The van der Waals surface area contributed by atoms with E-state index in [2.05, 4.69) is 15.3 Å². The van der Waals surface area contributed by atoms with Crippen LogP contribution in [0.5, 0.6) is 0 Å². The van der Waals surface area contributed by atoms with Crippen LogP contribution in [0.3, 0.4) is 0 Å². The summed E-state index contributed by atoms with van der Waals surface area (Å²) >= 11 is 0. The molecule has 0 saturated carbocycles. The zero-order chi connectivity index (χ0) is 17.1. The molecule has 1 aliphatic heterocycles. The first-order chi connectivity index (χ1) is 11.5. The minimum atomic E-state index is -0.373. The summed E-state index contributed by atoms with van der Waals surface area (Å²) in [6.45, 7) is 4.98. The number of aromatic nitrogens is 2. The van der Waals surface area contributed by atoms with E-state index in [1.807, 2.05) is 13.8 Å². The summed E-state index contributed by atoms with van der Waals surface area (Å²) in [7, 11) is 0. The number of carbonyl (C=O) groups is 2. The molecule has 0 aliphatic carbocycles. The third-order valence-corrected chi connectivity index (χ3v) is 3.75. The van der Waals surface area contributed by atoms with Crippen molar-refractivity contribution in [3.8, 4) is 0 Å². The van der Waals surface area contributed by atoms with Crippen molar-refractivity contribution < 1.29 is 14.4 Å². The quantitative estimate of drug-likeness (QED) is 0.933. The maximum Gasteiger partial charge on any atom is 0.277 e. The lowest BCUT2D eigenvalue weighted by molar-refractivity contribution is -0.0772. The Bertz CT molecular complexity index is 764. The molecule has 124 valence electrons. The summed E-state index contributed by atoms with van der Waals surface area (Å²) in [6, 6.07) is 5.17. The minimum absolute atomic E-state index is 0.213. The molecule has 7 heteroatoms. The highest BCUT2D eigenvalue weighted by Gasteiger charge is 2.26. The lowest BCUT2D eigenvalue weighted by Gasteiger charge is -2.15. The van der Waals surface area contributed by atoms with Crippen LogP contribution >= 0.6 is 0 Å². The van der Waals surface area contributed by atoms with Crippen molar-refractivity contribution in [3.05, 3.63) is 53.6 Å². The van der Waals surface area contributed by atoms with E-state index in [-0.39, 0.29) is 17.5 Å². The van der Waals surface area contributed by atoms with Crippen LogP contribution in [0.25, 0.3) is 0 Å². The molecule has 1 fully saturated rings. The minimum Gasteiger partial charge on any atom is -0.320 e. The lowest BCUT2D eigenvalue weighted by atomic mass is 10.1. The van der Waals surface area contributed by atoms with Gasteiger partial charge in [0.1, 0.15) is 5.69 Å². The number of nitrogens with one attached hydrogen (secondary N) is 1. The first kappa shape index (κ1) is 16.1. The van der Waals surface area contributed by atoms with Crippen LogP contribution in [0.15, 0.2) is 36.8 Å². The number of hydrogen-bond donors (Lipinski definition) is 1. The maximum atomic E-state index is 12.5. The van der Waals surface area contributed by atoms with Gasteiger partial charge in [0, 0.05) is 29.6 Å². The summed E-state index contributed by atoms with van der Waals surface area (Å²) in [4.78, 5) is 37.9. The fourth-order valence-electron chi connectivity index (χ4n) is 2.38. The number of aryl methyl sites for hydroxylation is 1. The molecule has 24 heavy (non-hydrogen) atoms. The van der Waals surface area contributed by atoms with Crippen molar-refractivity contribution in [2.45, 2.75) is 13.8 Å². The molecule has 1 aromatic heterocycles. The molecule has 1 N–H and O–H groups in total. The fraction of sp³-hybridized carbons (Fsp3) is 0.294. The monoisotopic (exact) mass is 326 g/mol. The van der Waals surface area contributed by atoms with Gasteiger partial charge in [-0.2, -0.15) is 0 Å². The number of rotatable bonds is 3. The van der Waals surface area contributed by atoms with Crippen LogP contribution in [0.4, 0.5) is 5.69 Å². The average molecular weight is 326 g/mol. The first-order valence-corrected chi connectivity index (χ1v) is 7.67. The van der Waals surface area contributed by atoms with E-state index in [1.54, 1.807) is 18.2 Å². The van der Waals surface area contributed by atoms with Gasteiger partial charge in [-0.3, -0.25) is 19.4 Å². The number of carbonyl (C=O) groups excluding carboxylic acids is 2. The van der Waals surface area contributed by atoms with E-state index < -0.39 is 0 Å². The number of anilines is 1. The maximum absolute atomic E-state index is 12.5. The van der Waals surface area contributed by atoms with Gasteiger partial charge in [-0.15, -0.1) is 0 Å². The van der Waals surface area contributed by atoms with Crippen molar-refractivity contribution >= 4 is 17.5 Å². The lowest BCUT2D eigenvalue weighted by Crippen LogP contribution is -2.27. The molecule has 0 bridgehead atoms. The third kappa shape index (κ3) is 3.41. The van der Waals surface area contributed by atoms with Gasteiger partial charge in [0.15, 0.2) is 0 Å². The van der Waals surface area contributed by atoms with Gasteiger partial charge >= 0.3 is 0 Å². The summed E-state index contributed by atoms with van der Waals surface area (Å²) in [5.74, 6) is -0.272. The Morgan fingerprint density at radius 3 is 2.83 bits per heavy atom. The van der Waals surface area contributed by atoms with Gasteiger partial charge in [0.05, 0.1) is 19.3 Å². The van der Waals surface area contributed by atoms with E-state index in [9.17, 15) is 9.59 Å². The van der Waals surface area contributed by atoms with E-state index in [0.717, 1.165) is 5.56 Å². The molecule has 1 atom stereocenters. The van der Waals surface area contributed by atoms with Crippen molar-refractivity contribution in [2.75, 3.05) is 18.5 Å². The van der Waals surface area contributed by atoms with Gasteiger partial charge < -0.3 is 5.32 Å². The fourth-order valence-corrected chi connectivity index (χ4v) is 2.38. The van der Waals surface area contributed by atoms with Gasteiger partial charge in [0.2, 0.25) is 0 Å². The van der Waals surface area contributed by atoms with Gasteiger partial charge in [-0.25, -0.2) is 10.0 Å². The van der Waals surface area contributed by atoms with Crippen LogP contribution in [0.1, 0.15) is 33.3 Å². The summed E-state index contributed by atoms with van der Waals surface area (Å²) < 4.78 is 0. The second kappa shape index (κ2) is 6.76. The topological polar surface area (TPSA) is 84.4 Å². The number of hydroxylamine groups is 2. The molecule has 2 heterocycles. The van der Waals surface area contributed by atoms with Crippen molar-refractivity contribution in [3.63, 3.8) is 0 Å². The van der Waals surface area contributed by atoms with Crippen LogP contribution in [0, 0.1) is 12.8 Å². The normalized spacial score (nSPS) is 16.9. The largest absolute Gasteiger partial charge is 0.320 e. The number of amides is 2. The van der Waals surface area contributed by atoms with Crippen molar-refractivity contribution in [1.29, 1.82) is 0 Å². The second-order valence-corrected chi connectivity index (χ2v) is 5.84. The van der Waals surface area contributed by atoms with Crippen molar-refractivity contribution in [1.82, 2.24) is 15.0 Å². The van der Waals surface area contributed by atoms with E-state index in [1.165, 1.54) is 23.7 Å². The molecule has 1 aromatic carbocycles. The Labute approximate surface area is 139 Å². The molecule has 3 rings (SSSR count). The van der Waals surface area contributed by atoms with Crippen LogP contribution < -0.4 is 5.32 Å². The summed E-state index contributed by atoms with van der Waals surface area (Å²) in [6.07, 6.45) is 4.34. The Balaban J connectivity index is 1.79. The molecule has 2 amide bonds. The third-order valence-electron chi connectivity index (χ3n) is 3.75. The highest BCUT2D eigenvalue weighted by atomic mass is 16.7. The van der Waals surface area contributed by atoms with Crippen molar-refractivity contribution in [2.24, 2.45) is 5.92 Å². The second-order valence-electron chi connectivity index (χ2n) is 5.84. The molecular weight excluding hydrogens is 308 g/mol. The van der Waals surface area contributed by atoms with E-state index in [4.69, 9.17) is 4.84 Å². The van der Waals surface area contributed by atoms with Gasteiger partial charge in [-0.05, 0) is 24.6 Å². The predicted molar refractivity (Wildman–Crippen MR) is 87.3 cm³/mol. The highest BCUT2D eigenvalue weighted by molar-refractivity contribution is 6.04. The number of hydrogen-bond acceptors (Lipinski definition) is 5. The Morgan fingerprint density at radius 2 is 2.17 bits per heavy atom. The standard InChI is InChI=1S/C17H18N4O3/c1-11-9-21(24-10-11)17(23)13-4-3-12(2)14(7-13)20-16(22)15-8-18-5-6-19-15/h3-8,11H,9-10H2,1-2H3,(H,20,22). The molecule has 1 aliphatic rings. The van der Waals surface area contributed by atoms with E-state index >= 15 is 0 Å². The molecule has 0 spiro atoms. The van der Waals surface area contributed by atoms with Crippen LogP contribution in [-0.2, 0) is 4.84 Å². The predicted octanol–water partition coefficient (Wildman–Crippen LogP) is 2.06. The molecule has 1 saturated heterocycles. The first-order valence-electron chi connectivity index (χ1n) is 7.67. The van der Waals surface area contributed by atoms with Gasteiger partial charge in [0.25, 0.3) is 11.8 Å². The zero-order valence-electron chi connectivity index (χ0n) is 13.5. The number of nitrogens with zero attached hydrogens (tertiary/aromatic N) is 3. The number of benzene rings is 1. The smallest absolute Gasteiger partial charge is 0.277 e. The molecule has 2 aromatic rings. The average Bonchev–Trinajstić information content (AvgIpc) is 3.03. The Morgan fingerprint density at radius 1 is 1.33 bits per heavy atom. The molecule has 1 unspecified atom stereocenters.